The molecular weight excluding hydrogens is 224 g/mol. The van der Waals surface area contributed by atoms with Crippen LogP contribution in [0, 0.1) is 22.7 Å². The molecule has 0 aromatic heterocycles. The van der Waals surface area contributed by atoms with Crippen molar-refractivity contribution in [3.8, 4) is 12.1 Å². The molecule has 0 heterocycles. The molecular formula is C15H8N2O. The Bertz CT molecular complexity index is 676. The maximum absolute atomic E-state index is 12.1. The summed E-state index contributed by atoms with van der Waals surface area (Å²) in [7, 11) is 0. The van der Waals surface area contributed by atoms with Crippen LogP contribution in [0.5, 0.6) is 0 Å². The zero-order chi connectivity index (χ0) is 13.0. The molecule has 0 amide bonds. The Morgan fingerprint density at radius 1 is 0.833 bits per heavy atom. The van der Waals surface area contributed by atoms with Crippen molar-refractivity contribution in [1.29, 1.82) is 10.5 Å². The summed E-state index contributed by atoms with van der Waals surface area (Å²) in [6.07, 6.45) is 0. The number of carbonyl (C=O) groups excluding carboxylic acids is 1. The number of ketones is 1. The zero-order valence-electron chi connectivity index (χ0n) is 9.42. The standard InChI is InChI=1S/C15H8N2O/c16-9-13-7-6-12(8-14(13)10-17)15(18)11-4-2-1-3-5-11/h1-8H. The molecule has 0 aliphatic heterocycles. The number of carbonyl (C=O) groups is 1. The summed E-state index contributed by atoms with van der Waals surface area (Å²) in [6.45, 7) is 0. The molecule has 0 atom stereocenters. The van der Waals surface area contributed by atoms with E-state index in [9.17, 15) is 4.79 Å². The third kappa shape index (κ3) is 2.11. The molecule has 0 spiro atoms. The van der Waals surface area contributed by atoms with Gasteiger partial charge in [0.05, 0.1) is 11.1 Å². The molecule has 0 saturated carbocycles. The minimum Gasteiger partial charge on any atom is -0.289 e. The van der Waals surface area contributed by atoms with Crippen molar-refractivity contribution in [3.05, 3.63) is 70.8 Å². The normalized spacial score (nSPS) is 9.22. The lowest BCUT2D eigenvalue weighted by atomic mass is 9.99. The summed E-state index contributed by atoms with van der Waals surface area (Å²) >= 11 is 0. The molecule has 84 valence electrons. The van der Waals surface area contributed by atoms with Gasteiger partial charge in [0, 0.05) is 11.1 Å². The van der Waals surface area contributed by atoms with Crippen LogP contribution in [-0.4, -0.2) is 5.78 Å². The van der Waals surface area contributed by atoms with Gasteiger partial charge in [0.1, 0.15) is 12.1 Å². The van der Waals surface area contributed by atoms with Crippen LogP contribution in [0.3, 0.4) is 0 Å². The topological polar surface area (TPSA) is 64.7 Å². The van der Waals surface area contributed by atoms with Crippen molar-refractivity contribution < 1.29 is 4.79 Å². The molecule has 2 rings (SSSR count). The fraction of sp³-hybridized carbons (Fsp3) is 0. The van der Waals surface area contributed by atoms with E-state index in [1.54, 1.807) is 30.3 Å². The summed E-state index contributed by atoms with van der Waals surface area (Å²) in [6, 6.07) is 17.2. The van der Waals surface area contributed by atoms with Crippen LogP contribution >= 0.6 is 0 Å². The molecule has 0 aliphatic rings. The second kappa shape index (κ2) is 4.95. The lowest BCUT2D eigenvalue weighted by Gasteiger charge is -2.02. The Morgan fingerprint density at radius 3 is 2.11 bits per heavy atom. The quantitative estimate of drug-likeness (QED) is 0.747. The molecule has 0 N–H and O–H groups in total. The Morgan fingerprint density at radius 2 is 1.50 bits per heavy atom. The summed E-state index contributed by atoms with van der Waals surface area (Å²) in [4.78, 5) is 12.1. The highest BCUT2D eigenvalue weighted by molar-refractivity contribution is 6.09. The van der Waals surface area contributed by atoms with Gasteiger partial charge in [-0.15, -0.1) is 0 Å². The van der Waals surface area contributed by atoms with Gasteiger partial charge in [0.25, 0.3) is 0 Å². The van der Waals surface area contributed by atoms with Crippen molar-refractivity contribution in [3.63, 3.8) is 0 Å². The first-order valence-corrected chi connectivity index (χ1v) is 5.30. The second-order valence-electron chi connectivity index (χ2n) is 3.68. The molecule has 0 fully saturated rings. The van der Waals surface area contributed by atoms with E-state index in [0.29, 0.717) is 11.1 Å². The highest BCUT2D eigenvalue weighted by atomic mass is 16.1. The highest BCUT2D eigenvalue weighted by Gasteiger charge is 2.11. The Balaban J connectivity index is 2.45. The highest BCUT2D eigenvalue weighted by Crippen LogP contribution is 2.14. The zero-order valence-corrected chi connectivity index (χ0v) is 9.42. The second-order valence-corrected chi connectivity index (χ2v) is 3.68. The van der Waals surface area contributed by atoms with E-state index < -0.39 is 0 Å². The van der Waals surface area contributed by atoms with Gasteiger partial charge in [-0.25, -0.2) is 0 Å². The molecule has 2 aromatic rings. The van der Waals surface area contributed by atoms with Gasteiger partial charge in [0.2, 0.25) is 0 Å². The fourth-order valence-corrected chi connectivity index (χ4v) is 1.63. The lowest BCUT2D eigenvalue weighted by Crippen LogP contribution is -2.02. The van der Waals surface area contributed by atoms with E-state index in [1.165, 1.54) is 12.1 Å². The Kier molecular flexibility index (Phi) is 3.18. The maximum atomic E-state index is 12.1. The Labute approximate surface area is 105 Å². The summed E-state index contributed by atoms with van der Waals surface area (Å²) in [5.74, 6) is -0.156. The minimum atomic E-state index is -0.156. The van der Waals surface area contributed by atoms with E-state index in [4.69, 9.17) is 10.5 Å². The molecule has 3 nitrogen and oxygen atoms in total. The van der Waals surface area contributed by atoms with Crippen molar-refractivity contribution in [1.82, 2.24) is 0 Å². The SMILES string of the molecule is N#Cc1ccc(C(=O)c2ccccc2)cc1C#N. The number of rotatable bonds is 2. The largest absolute Gasteiger partial charge is 0.289 e. The van der Waals surface area contributed by atoms with Gasteiger partial charge in [-0.2, -0.15) is 10.5 Å². The van der Waals surface area contributed by atoms with Crippen LogP contribution in [0.4, 0.5) is 0 Å². The number of hydrogen-bond donors (Lipinski definition) is 0. The number of benzene rings is 2. The monoisotopic (exact) mass is 232 g/mol. The van der Waals surface area contributed by atoms with Crippen LogP contribution in [0.25, 0.3) is 0 Å². The predicted molar refractivity (Wildman–Crippen MR) is 65.7 cm³/mol. The minimum absolute atomic E-state index is 0.156. The molecule has 3 heteroatoms. The van der Waals surface area contributed by atoms with Gasteiger partial charge < -0.3 is 0 Å². The lowest BCUT2D eigenvalue weighted by molar-refractivity contribution is 0.103. The first kappa shape index (κ1) is 11.6. The predicted octanol–water partition coefficient (Wildman–Crippen LogP) is 2.66. The summed E-state index contributed by atoms with van der Waals surface area (Å²) in [5, 5.41) is 17.7. The van der Waals surface area contributed by atoms with Crippen LogP contribution in [0.15, 0.2) is 48.5 Å². The number of nitriles is 2. The van der Waals surface area contributed by atoms with Crippen molar-refractivity contribution in [2.75, 3.05) is 0 Å². The Hall–Kier alpha value is -2.91. The van der Waals surface area contributed by atoms with Crippen molar-refractivity contribution in [2.45, 2.75) is 0 Å². The van der Waals surface area contributed by atoms with Gasteiger partial charge in [-0.05, 0) is 18.2 Å². The molecule has 0 radical (unpaired) electrons. The van der Waals surface area contributed by atoms with E-state index in [2.05, 4.69) is 0 Å². The average molecular weight is 232 g/mol. The third-order valence-electron chi connectivity index (χ3n) is 2.56. The first-order chi connectivity index (χ1) is 8.76. The van der Waals surface area contributed by atoms with Crippen LogP contribution in [0.1, 0.15) is 27.0 Å². The fourth-order valence-electron chi connectivity index (χ4n) is 1.63. The van der Waals surface area contributed by atoms with Gasteiger partial charge >= 0.3 is 0 Å². The molecule has 0 bridgehead atoms. The van der Waals surface area contributed by atoms with E-state index >= 15 is 0 Å². The van der Waals surface area contributed by atoms with E-state index in [0.717, 1.165) is 0 Å². The molecule has 2 aromatic carbocycles. The van der Waals surface area contributed by atoms with Gasteiger partial charge in [0.15, 0.2) is 5.78 Å². The van der Waals surface area contributed by atoms with Crippen molar-refractivity contribution in [2.24, 2.45) is 0 Å². The van der Waals surface area contributed by atoms with Crippen LogP contribution in [0.2, 0.25) is 0 Å². The summed E-state index contributed by atoms with van der Waals surface area (Å²) < 4.78 is 0. The average Bonchev–Trinajstić information content (AvgIpc) is 2.46. The van der Waals surface area contributed by atoms with Crippen molar-refractivity contribution >= 4 is 5.78 Å². The van der Waals surface area contributed by atoms with Gasteiger partial charge in [-0.1, -0.05) is 30.3 Å². The van der Waals surface area contributed by atoms with Gasteiger partial charge in [-0.3, -0.25) is 4.79 Å². The first-order valence-electron chi connectivity index (χ1n) is 5.30. The van der Waals surface area contributed by atoms with Crippen LogP contribution in [-0.2, 0) is 0 Å². The smallest absolute Gasteiger partial charge is 0.193 e. The van der Waals surface area contributed by atoms with E-state index in [-0.39, 0.29) is 16.9 Å². The number of hydrogen-bond acceptors (Lipinski definition) is 3. The molecule has 18 heavy (non-hydrogen) atoms. The maximum Gasteiger partial charge on any atom is 0.193 e. The number of nitrogens with zero attached hydrogens (tertiary/aromatic N) is 2. The molecule has 0 unspecified atom stereocenters. The third-order valence-corrected chi connectivity index (χ3v) is 2.56. The molecule has 0 aliphatic carbocycles. The van der Waals surface area contributed by atoms with E-state index in [1.807, 2.05) is 18.2 Å². The van der Waals surface area contributed by atoms with Crippen LogP contribution < -0.4 is 0 Å². The summed E-state index contributed by atoms with van der Waals surface area (Å²) in [5.41, 5.74) is 1.48. The molecule has 0 saturated heterocycles.